The lowest BCUT2D eigenvalue weighted by Crippen LogP contribution is -2.45. The SMILES string of the molecule is C=CCC1CCCC([N+](=O)[O-])=C1NN1CCC[C@H]1COC. The molecule has 0 saturated carbocycles. The van der Waals surface area contributed by atoms with Crippen molar-refractivity contribution in [3.63, 3.8) is 0 Å². The van der Waals surface area contributed by atoms with Gasteiger partial charge in [-0.3, -0.25) is 10.1 Å². The van der Waals surface area contributed by atoms with Gasteiger partial charge in [0.15, 0.2) is 0 Å². The number of nitro groups is 1. The van der Waals surface area contributed by atoms with Gasteiger partial charge in [0, 0.05) is 26.0 Å². The van der Waals surface area contributed by atoms with Gasteiger partial charge in [-0.1, -0.05) is 6.08 Å². The third kappa shape index (κ3) is 3.83. The van der Waals surface area contributed by atoms with Crippen molar-refractivity contribution in [3.05, 3.63) is 34.2 Å². The maximum absolute atomic E-state index is 11.3. The Labute approximate surface area is 126 Å². The summed E-state index contributed by atoms with van der Waals surface area (Å²) in [5.74, 6) is 0.181. The van der Waals surface area contributed by atoms with Crippen LogP contribution in [0.3, 0.4) is 0 Å². The van der Waals surface area contributed by atoms with Crippen molar-refractivity contribution in [2.45, 2.75) is 44.6 Å². The molecular weight excluding hydrogens is 270 g/mol. The number of methoxy groups -OCH3 is 1. The monoisotopic (exact) mass is 295 g/mol. The van der Waals surface area contributed by atoms with E-state index in [1.54, 1.807) is 7.11 Å². The zero-order valence-corrected chi connectivity index (χ0v) is 12.7. The normalized spacial score (nSPS) is 26.9. The Hall–Kier alpha value is -1.40. The lowest BCUT2D eigenvalue weighted by Gasteiger charge is -2.31. The van der Waals surface area contributed by atoms with E-state index in [9.17, 15) is 10.1 Å². The van der Waals surface area contributed by atoms with E-state index in [1.165, 1.54) is 0 Å². The molecule has 1 saturated heterocycles. The fourth-order valence-electron chi connectivity index (χ4n) is 3.32. The maximum atomic E-state index is 11.3. The quantitative estimate of drug-likeness (QED) is 0.444. The Balaban J connectivity index is 2.18. The van der Waals surface area contributed by atoms with E-state index in [4.69, 9.17) is 4.74 Å². The van der Waals surface area contributed by atoms with Crippen molar-refractivity contribution >= 4 is 0 Å². The average molecular weight is 295 g/mol. The van der Waals surface area contributed by atoms with Crippen molar-refractivity contribution < 1.29 is 9.66 Å². The Morgan fingerprint density at radius 2 is 2.33 bits per heavy atom. The van der Waals surface area contributed by atoms with Crippen LogP contribution in [0.25, 0.3) is 0 Å². The second-order valence-electron chi connectivity index (χ2n) is 5.79. The summed E-state index contributed by atoms with van der Waals surface area (Å²) < 4.78 is 5.25. The highest BCUT2D eigenvalue weighted by Gasteiger charge is 2.33. The van der Waals surface area contributed by atoms with Crippen LogP contribution in [0.5, 0.6) is 0 Å². The molecule has 0 bridgehead atoms. The first kappa shape index (κ1) is 16.0. The Kier molecular flexibility index (Phi) is 5.76. The molecular formula is C15H25N3O3. The van der Waals surface area contributed by atoms with Crippen LogP contribution in [0.4, 0.5) is 0 Å². The van der Waals surface area contributed by atoms with Gasteiger partial charge < -0.3 is 10.2 Å². The molecule has 1 heterocycles. The number of rotatable bonds is 7. The Morgan fingerprint density at radius 3 is 3.00 bits per heavy atom. The third-order valence-corrected chi connectivity index (χ3v) is 4.36. The van der Waals surface area contributed by atoms with Crippen LogP contribution in [0, 0.1) is 16.0 Å². The van der Waals surface area contributed by atoms with Crippen LogP contribution in [-0.4, -0.2) is 36.2 Å². The molecule has 1 aliphatic carbocycles. The highest BCUT2D eigenvalue weighted by Crippen LogP contribution is 2.32. The number of hydrogen-bond donors (Lipinski definition) is 1. The zero-order chi connectivity index (χ0) is 15.2. The van der Waals surface area contributed by atoms with Crippen LogP contribution in [0.2, 0.25) is 0 Å². The summed E-state index contributed by atoms with van der Waals surface area (Å²) in [5, 5.41) is 13.4. The van der Waals surface area contributed by atoms with Gasteiger partial charge in [0.25, 0.3) is 5.70 Å². The second-order valence-corrected chi connectivity index (χ2v) is 5.79. The molecule has 6 heteroatoms. The summed E-state index contributed by atoms with van der Waals surface area (Å²) in [6, 6.07) is 0.293. The van der Waals surface area contributed by atoms with E-state index in [-0.39, 0.29) is 10.8 Å². The van der Waals surface area contributed by atoms with Gasteiger partial charge >= 0.3 is 0 Å². The Morgan fingerprint density at radius 1 is 1.52 bits per heavy atom. The van der Waals surface area contributed by atoms with Gasteiger partial charge in [0.1, 0.15) is 5.70 Å². The molecule has 0 radical (unpaired) electrons. The van der Waals surface area contributed by atoms with Crippen molar-refractivity contribution in [1.29, 1.82) is 0 Å². The van der Waals surface area contributed by atoms with Gasteiger partial charge in [0.05, 0.1) is 17.6 Å². The molecule has 21 heavy (non-hydrogen) atoms. The number of hydrogen-bond acceptors (Lipinski definition) is 5. The first-order chi connectivity index (χ1) is 10.2. The summed E-state index contributed by atoms with van der Waals surface area (Å²) in [7, 11) is 1.69. The number of nitrogens with zero attached hydrogens (tertiary/aromatic N) is 2. The number of allylic oxidation sites excluding steroid dienone is 3. The second kappa shape index (κ2) is 7.56. The molecule has 2 rings (SSSR count). The van der Waals surface area contributed by atoms with Crippen molar-refractivity contribution in [2.75, 3.05) is 20.3 Å². The van der Waals surface area contributed by atoms with Crippen LogP contribution in [-0.2, 0) is 4.74 Å². The minimum absolute atomic E-state index is 0.181. The molecule has 1 unspecified atom stereocenters. The fourth-order valence-corrected chi connectivity index (χ4v) is 3.32. The predicted octanol–water partition coefficient (Wildman–Crippen LogP) is 2.47. The van der Waals surface area contributed by atoms with Crippen molar-refractivity contribution in [3.8, 4) is 0 Å². The maximum Gasteiger partial charge on any atom is 0.266 e. The molecule has 1 aliphatic heterocycles. The summed E-state index contributed by atoms with van der Waals surface area (Å²) in [5.41, 5.74) is 4.49. The predicted molar refractivity (Wildman–Crippen MR) is 80.9 cm³/mol. The first-order valence-corrected chi connectivity index (χ1v) is 7.68. The van der Waals surface area contributed by atoms with E-state index in [1.807, 2.05) is 6.08 Å². The smallest absolute Gasteiger partial charge is 0.266 e. The van der Waals surface area contributed by atoms with E-state index in [2.05, 4.69) is 17.0 Å². The van der Waals surface area contributed by atoms with Gasteiger partial charge in [0.2, 0.25) is 0 Å². The third-order valence-electron chi connectivity index (χ3n) is 4.36. The summed E-state index contributed by atoms with van der Waals surface area (Å²) >= 11 is 0. The largest absolute Gasteiger partial charge is 0.383 e. The topological polar surface area (TPSA) is 67.6 Å². The van der Waals surface area contributed by atoms with Gasteiger partial charge in [-0.05, 0) is 32.1 Å². The molecule has 0 amide bonds. The molecule has 0 aromatic carbocycles. The number of nitrogens with one attached hydrogen (secondary N) is 1. The molecule has 2 atom stereocenters. The Bertz CT molecular complexity index is 422. The highest BCUT2D eigenvalue weighted by atomic mass is 16.6. The molecule has 2 aliphatic rings. The standard InChI is InChI=1S/C15H25N3O3/c1-3-6-12-7-4-9-14(18(19)20)15(12)16-17-10-5-8-13(17)11-21-2/h3,12-13,16H,1,4-11H2,2H3/t12?,13-/m0/s1. The highest BCUT2D eigenvalue weighted by molar-refractivity contribution is 5.14. The molecule has 1 fully saturated rings. The van der Waals surface area contributed by atoms with Gasteiger partial charge in [-0.25, -0.2) is 5.01 Å². The number of ether oxygens (including phenoxy) is 1. The van der Waals surface area contributed by atoms with Gasteiger partial charge in [-0.2, -0.15) is 0 Å². The van der Waals surface area contributed by atoms with Crippen LogP contribution < -0.4 is 5.43 Å². The number of hydrazine groups is 1. The van der Waals surface area contributed by atoms with Gasteiger partial charge in [-0.15, -0.1) is 6.58 Å². The van der Waals surface area contributed by atoms with Crippen molar-refractivity contribution in [1.82, 2.24) is 10.4 Å². The van der Waals surface area contributed by atoms with Crippen molar-refractivity contribution in [2.24, 2.45) is 5.92 Å². The van der Waals surface area contributed by atoms with Crippen LogP contribution >= 0.6 is 0 Å². The minimum Gasteiger partial charge on any atom is -0.383 e. The van der Waals surface area contributed by atoms with E-state index in [0.717, 1.165) is 44.3 Å². The lowest BCUT2D eigenvalue weighted by atomic mass is 9.88. The first-order valence-electron chi connectivity index (χ1n) is 7.68. The summed E-state index contributed by atoms with van der Waals surface area (Å²) in [4.78, 5) is 11.1. The van der Waals surface area contributed by atoms with E-state index >= 15 is 0 Å². The van der Waals surface area contributed by atoms with E-state index < -0.39 is 0 Å². The zero-order valence-electron chi connectivity index (χ0n) is 12.7. The summed E-state index contributed by atoms with van der Waals surface area (Å²) in [6.45, 7) is 5.34. The summed E-state index contributed by atoms with van der Waals surface area (Å²) in [6.07, 6.45) is 7.19. The average Bonchev–Trinajstić information content (AvgIpc) is 2.88. The molecule has 118 valence electrons. The molecule has 6 nitrogen and oxygen atoms in total. The minimum atomic E-state index is -0.223. The lowest BCUT2D eigenvalue weighted by molar-refractivity contribution is -0.431. The van der Waals surface area contributed by atoms with Crippen LogP contribution in [0.15, 0.2) is 24.0 Å². The molecule has 1 N–H and O–H groups in total. The molecule has 0 aromatic rings. The molecule has 0 aromatic heterocycles. The van der Waals surface area contributed by atoms with E-state index in [0.29, 0.717) is 24.8 Å². The van der Waals surface area contributed by atoms with Crippen LogP contribution in [0.1, 0.15) is 38.5 Å². The molecule has 0 spiro atoms. The fraction of sp³-hybridized carbons (Fsp3) is 0.733.